The van der Waals surface area contributed by atoms with Crippen molar-refractivity contribution in [2.45, 2.75) is 33.1 Å². The van der Waals surface area contributed by atoms with Gasteiger partial charge in [-0.2, -0.15) is 10.4 Å². The first-order valence-corrected chi connectivity index (χ1v) is 11.5. The molecule has 1 aromatic carbocycles. The number of rotatable bonds is 7. The van der Waals surface area contributed by atoms with E-state index in [0.29, 0.717) is 39.1 Å². The van der Waals surface area contributed by atoms with Crippen LogP contribution in [0.2, 0.25) is 0 Å². The Morgan fingerprint density at radius 2 is 2.12 bits per heavy atom. The second-order valence-electron chi connectivity index (χ2n) is 7.18. The van der Waals surface area contributed by atoms with E-state index in [9.17, 15) is 18.5 Å². The van der Waals surface area contributed by atoms with Crippen LogP contribution in [0, 0.1) is 17.9 Å². The van der Waals surface area contributed by atoms with Crippen molar-refractivity contribution in [2.75, 3.05) is 17.1 Å². The molecule has 1 aliphatic rings. The van der Waals surface area contributed by atoms with Crippen molar-refractivity contribution >= 4 is 32.7 Å². The summed E-state index contributed by atoms with van der Waals surface area (Å²) in [4.78, 5) is 15.1. The van der Waals surface area contributed by atoms with Gasteiger partial charge in [-0.05, 0) is 38.5 Å². The molecule has 0 saturated carbocycles. The highest BCUT2D eigenvalue weighted by atomic mass is 32.2. The first kappa shape index (κ1) is 22.8. The van der Waals surface area contributed by atoms with E-state index in [4.69, 9.17) is 11.3 Å². The number of nitriles is 1. The molecule has 0 amide bonds. The second-order valence-corrected chi connectivity index (χ2v) is 9.03. The lowest BCUT2D eigenvalue weighted by atomic mass is 9.84. The van der Waals surface area contributed by atoms with Crippen LogP contribution in [0.4, 0.5) is 5.82 Å². The highest BCUT2D eigenvalue weighted by Gasteiger charge is 2.30. The molecule has 3 N–H and O–H groups in total. The molecule has 11 heteroatoms. The van der Waals surface area contributed by atoms with Gasteiger partial charge in [0.25, 0.3) is 0 Å². The standard InChI is InChI=1S/C21H22N6O4S/c1-5-31-18(28)8-9-32(29,30)27-21-15-10-14(6-7-17(15)25-26-21)19-16(11-22)12(2)24-13(3)20(19)23-4/h6-7,10,19,24H,5,8-9H2,1-3H3,(H2,25,26,27). The van der Waals surface area contributed by atoms with Gasteiger partial charge in [0.05, 0.1) is 48.4 Å². The van der Waals surface area contributed by atoms with Crippen LogP contribution < -0.4 is 10.0 Å². The van der Waals surface area contributed by atoms with Crippen molar-refractivity contribution in [3.05, 3.63) is 57.8 Å². The third-order valence-electron chi connectivity index (χ3n) is 5.02. The molecule has 0 spiro atoms. The predicted octanol–water partition coefficient (Wildman–Crippen LogP) is 2.89. The Hall–Kier alpha value is -3.83. The summed E-state index contributed by atoms with van der Waals surface area (Å²) in [6.45, 7) is 13.0. The van der Waals surface area contributed by atoms with Gasteiger partial charge in [-0.3, -0.25) is 14.6 Å². The molecule has 1 aromatic heterocycles. The van der Waals surface area contributed by atoms with Gasteiger partial charge >= 0.3 is 5.97 Å². The summed E-state index contributed by atoms with van der Waals surface area (Å²) >= 11 is 0. The molecule has 1 atom stereocenters. The van der Waals surface area contributed by atoms with E-state index in [-0.39, 0.29) is 18.8 Å². The maximum atomic E-state index is 12.4. The number of benzene rings is 1. The van der Waals surface area contributed by atoms with Crippen molar-refractivity contribution in [2.24, 2.45) is 0 Å². The fraction of sp³-hybridized carbons (Fsp3) is 0.333. The quantitative estimate of drug-likeness (QED) is 0.431. The normalized spacial score (nSPS) is 16.3. The zero-order chi connectivity index (χ0) is 23.5. The van der Waals surface area contributed by atoms with Crippen LogP contribution in [0.15, 0.2) is 40.9 Å². The Labute approximate surface area is 185 Å². The number of H-pyrrole nitrogens is 1. The van der Waals surface area contributed by atoms with Crippen LogP contribution in [0.5, 0.6) is 0 Å². The van der Waals surface area contributed by atoms with Gasteiger partial charge in [0, 0.05) is 16.8 Å². The minimum absolute atomic E-state index is 0.0731. The summed E-state index contributed by atoms with van der Waals surface area (Å²) in [6, 6.07) is 7.39. The van der Waals surface area contributed by atoms with Gasteiger partial charge in [-0.1, -0.05) is 6.07 Å². The first-order chi connectivity index (χ1) is 15.2. The number of aromatic amines is 1. The first-order valence-electron chi connectivity index (χ1n) is 9.81. The van der Waals surface area contributed by atoms with Crippen molar-refractivity contribution < 1.29 is 17.9 Å². The van der Waals surface area contributed by atoms with E-state index < -0.39 is 27.7 Å². The number of aromatic nitrogens is 2. The Kier molecular flexibility index (Phi) is 6.51. The van der Waals surface area contributed by atoms with Crippen LogP contribution in [-0.2, 0) is 19.6 Å². The number of anilines is 1. The molecule has 32 heavy (non-hydrogen) atoms. The summed E-state index contributed by atoms with van der Waals surface area (Å²) in [5.74, 6) is -1.55. The number of carbonyl (C=O) groups excluding carboxylic acids is 1. The molecule has 3 rings (SSSR count). The average molecular weight is 455 g/mol. The summed E-state index contributed by atoms with van der Waals surface area (Å²) in [7, 11) is -3.86. The molecule has 0 fully saturated rings. The molecule has 0 radical (unpaired) electrons. The molecule has 1 aliphatic heterocycles. The van der Waals surface area contributed by atoms with E-state index >= 15 is 0 Å². The molecular formula is C21H22N6O4S. The number of nitrogens with one attached hydrogen (secondary N) is 3. The third kappa shape index (κ3) is 4.58. The average Bonchev–Trinajstić information content (AvgIpc) is 3.13. The minimum atomic E-state index is -3.86. The van der Waals surface area contributed by atoms with Gasteiger partial charge in [-0.15, -0.1) is 0 Å². The maximum absolute atomic E-state index is 12.4. The number of hydrogen-bond acceptors (Lipinski definition) is 7. The van der Waals surface area contributed by atoms with E-state index in [0.717, 1.165) is 0 Å². The number of ether oxygens (including phenoxy) is 1. The van der Waals surface area contributed by atoms with Crippen LogP contribution in [-0.4, -0.2) is 36.9 Å². The predicted molar refractivity (Wildman–Crippen MR) is 118 cm³/mol. The number of hydrogen-bond donors (Lipinski definition) is 3. The summed E-state index contributed by atoms with van der Waals surface area (Å²) in [5, 5.41) is 20.0. The van der Waals surface area contributed by atoms with E-state index in [1.807, 2.05) is 0 Å². The van der Waals surface area contributed by atoms with Crippen molar-refractivity contribution in [1.82, 2.24) is 15.5 Å². The Morgan fingerprint density at radius 1 is 1.38 bits per heavy atom. The fourth-order valence-corrected chi connectivity index (χ4v) is 4.53. The lowest BCUT2D eigenvalue weighted by Crippen LogP contribution is -2.22. The Morgan fingerprint density at radius 3 is 2.78 bits per heavy atom. The van der Waals surface area contributed by atoms with Crippen LogP contribution in [0.3, 0.4) is 0 Å². The molecule has 2 heterocycles. The van der Waals surface area contributed by atoms with Gasteiger partial charge in [0.15, 0.2) is 11.5 Å². The molecule has 2 aromatic rings. The number of esters is 1. The molecule has 166 valence electrons. The van der Waals surface area contributed by atoms with Crippen molar-refractivity contribution in [1.29, 1.82) is 5.26 Å². The number of sulfonamides is 1. The van der Waals surface area contributed by atoms with Gasteiger partial charge in [0.2, 0.25) is 10.0 Å². The zero-order valence-electron chi connectivity index (χ0n) is 17.8. The minimum Gasteiger partial charge on any atom is -0.466 e. The lowest BCUT2D eigenvalue weighted by molar-refractivity contribution is -0.142. The zero-order valence-corrected chi connectivity index (χ0v) is 18.6. The van der Waals surface area contributed by atoms with Gasteiger partial charge in [-0.25, -0.2) is 13.3 Å². The van der Waals surface area contributed by atoms with E-state index in [2.05, 4.69) is 31.2 Å². The second kappa shape index (κ2) is 9.12. The summed E-state index contributed by atoms with van der Waals surface area (Å²) < 4.78 is 32.0. The summed E-state index contributed by atoms with van der Waals surface area (Å²) in [6.07, 6.45) is -0.278. The van der Waals surface area contributed by atoms with Crippen LogP contribution in [0.1, 0.15) is 38.7 Å². The van der Waals surface area contributed by atoms with Gasteiger partial charge < -0.3 is 10.1 Å². The van der Waals surface area contributed by atoms with Crippen molar-refractivity contribution in [3.63, 3.8) is 0 Å². The number of nitrogens with zero attached hydrogens (tertiary/aromatic N) is 3. The molecule has 10 nitrogen and oxygen atoms in total. The Bertz CT molecular complexity index is 1290. The number of carbonyl (C=O) groups is 1. The topological polar surface area (TPSA) is 141 Å². The smallest absolute Gasteiger partial charge is 0.306 e. The van der Waals surface area contributed by atoms with E-state index in [1.165, 1.54) is 0 Å². The molecular weight excluding hydrogens is 432 g/mol. The number of allylic oxidation sites excluding steroid dienone is 3. The largest absolute Gasteiger partial charge is 0.466 e. The maximum Gasteiger partial charge on any atom is 0.306 e. The number of fused-ring (bicyclic) bond motifs is 1. The molecule has 0 aliphatic carbocycles. The highest BCUT2D eigenvalue weighted by Crippen LogP contribution is 2.39. The van der Waals surface area contributed by atoms with E-state index in [1.54, 1.807) is 39.0 Å². The summed E-state index contributed by atoms with van der Waals surface area (Å²) in [5.41, 5.74) is 3.37. The molecule has 0 saturated heterocycles. The third-order valence-corrected chi connectivity index (χ3v) is 6.26. The van der Waals surface area contributed by atoms with Gasteiger partial charge in [0.1, 0.15) is 0 Å². The van der Waals surface area contributed by atoms with Crippen molar-refractivity contribution in [3.8, 4) is 6.07 Å². The Balaban J connectivity index is 1.97. The lowest BCUT2D eigenvalue weighted by Gasteiger charge is -2.26. The highest BCUT2D eigenvalue weighted by molar-refractivity contribution is 7.92. The fourth-order valence-electron chi connectivity index (χ4n) is 3.54. The SMILES string of the molecule is [C-]#[N+]C1=C(C)NC(C)=C(C#N)C1c1ccc2[nH]nc(NS(=O)(=O)CCC(=O)OCC)c2c1. The van der Waals surface area contributed by atoms with Crippen LogP contribution >= 0.6 is 0 Å². The van der Waals surface area contributed by atoms with Crippen LogP contribution in [0.25, 0.3) is 15.7 Å². The number of dihydropyridines is 1. The molecule has 1 unspecified atom stereocenters. The monoisotopic (exact) mass is 454 g/mol. The molecule has 0 bridgehead atoms.